The summed E-state index contributed by atoms with van der Waals surface area (Å²) in [6.45, 7) is 0. The molecule has 0 bridgehead atoms. The van der Waals surface area contributed by atoms with Crippen LogP contribution in [0.15, 0.2) is 71.5 Å². The molecule has 0 aliphatic carbocycles. The van der Waals surface area contributed by atoms with Gasteiger partial charge in [-0.2, -0.15) is 0 Å². The lowest BCUT2D eigenvalue weighted by molar-refractivity contribution is 0.469. The van der Waals surface area contributed by atoms with Gasteiger partial charge in [-0.25, -0.2) is 0 Å². The van der Waals surface area contributed by atoms with Crippen LogP contribution in [-0.2, 0) is 0 Å². The van der Waals surface area contributed by atoms with E-state index in [0.717, 1.165) is 11.1 Å². The van der Waals surface area contributed by atoms with Gasteiger partial charge in [0.2, 0.25) is 0 Å². The number of hydrogen-bond donors (Lipinski definition) is 2. The van der Waals surface area contributed by atoms with Gasteiger partial charge < -0.3 is 10.1 Å². The van der Waals surface area contributed by atoms with Crippen molar-refractivity contribution in [1.29, 1.82) is 0 Å². The molecule has 0 spiro atoms. The fraction of sp³-hybridized carbons (Fsp3) is 0. The van der Waals surface area contributed by atoms with Crippen LogP contribution in [0.25, 0.3) is 22.4 Å². The molecule has 20 heavy (non-hydrogen) atoms. The van der Waals surface area contributed by atoms with Crippen LogP contribution in [-0.4, -0.2) is 10.1 Å². The molecular weight excluding hydrogens is 250 g/mol. The minimum atomic E-state index is -0.481. The van der Waals surface area contributed by atoms with E-state index >= 15 is 0 Å². The highest BCUT2D eigenvalue weighted by molar-refractivity contribution is 5.74. The molecule has 3 rings (SSSR count). The van der Waals surface area contributed by atoms with E-state index in [4.69, 9.17) is 0 Å². The maximum Gasteiger partial charge on any atom is 0.291 e. The van der Waals surface area contributed by atoms with Crippen LogP contribution >= 0.6 is 0 Å². The van der Waals surface area contributed by atoms with Gasteiger partial charge in [0.1, 0.15) is 0 Å². The second-order valence-electron chi connectivity index (χ2n) is 4.51. The zero-order valence-corrected chi connectivity index (χ0v) is 10.7. The van der Waals surface area contributed by atoms with Crippen molar-refractivity contribution >= 4 is 0 Å². The fourth-order valence-corrected chi connectivity index (χ4v) is 2.16. The molecule has 0 aliphatic heterocycles. The van der Waals surface area contributed by atoms with Crippen LogP contribution in [0.4, 0.5) is 0 Å². The van der Waals surface area contributed by atoms with Gasteiger partial charge in [-0.15, -0.1) is 0 Å². The molecule has 1 heterocycles. The molecule has 0 fully saturated rings. The molecular formula is C17H13NO2. The van der Waals surface area contributed by atoms with E-state index in [1.165, 1.54) is 0 Å². The number of pyridine rings is 1. The fourth-order valence-electron chi connectivity index (χ4n) is 2.16. The van der Waals surface area contributed by atoms with Crippen LogP contribution in [0, 0.1) is 0 Å². The number of benzene rings is 2. The molecule has 0 atom stereocenters. The highest BCUT2D eigenvalue weighted by atomic mass is 16.3. The zero-order chi connectivity index (χ0) is 13.9. The Hall–Kier alpha value is -2.81. The van der Waals surface area contributed by atoms with Crippen molar-refractivity contribution in [3.8, 4) is 28.1 Å². The van der Waals surface area contributed by atoms with Crippen molar-refractivity contribution in [3.05, 3.63) is 77.1 Å². The monoisotopic (exact) mass is 263 g/mol. The highest BCUT2D eigenvalue weighted by Gasteiger charge is 2.10. The first-order valence-electron chi connectivity index (χ1n) is 6.33. The lowest BCUT2D eigenvalue weighted by atomic mass is 10.0. The standard InChI is InChI=1S/C17H13NO2/c19-16-14(12-7-3-1-4-8-12)11-15(18-17(16)20)13-9-5-2-6-10-13/h1-11,19H,(H,18,20). The number of aromatic hydroxyl groups is 1. The Morgan fingerprint density at radius 1 is 0.800 bits per heavy atom. The predicted molar refractivity (Wildman–Crippen MR) is 79.6 cm³/mol. The van der Waals surface area contributed by atoms with Gasteiger partial charge in [-0.1, -0.05) is 60.7 Å². The van der Waals surface area contributed by atoms with Gasteiger partial charge in [-0.05, 0) is 17.2 Å². The maximum absolute atomic E-state index is 11.9. The summed E-state index contributed by atoms with van der Waals surface area (Å²) >= 11 is 0. The molecule has 0 saturated carbocycles. The van der Waals surface area contributed by atoms with Gasteiger partial charge in [0.25, 0.3) is 5.56 Å². The van der Waals surface area contributed by atoms with Gasteiger partial charge in [-0.3, -0.25) is 4.79 Å². The van der Waals surface area contributed by atoms with Crippen molar-refractivity contribution in [1.82, 2.24) is 4.98 Å². The molecule has 0 radical (unpaired) electrons. The van der Waals surface area contributed by atoms with E-state index in [2.05, 4.69) is 4.98 Å². The molecule has 3 aromatic rings. The van der Waals surface area contributed by atoms with Crippen LogP contribution in [0.2, 0.25) is 0 Å². The van der Waals surface area contributed by atoms with E-state index < -0.39 is 5.56 Å². The Morgan fingerprint density at radius 3 is 1.95 bits per heavy atom. The van der Waals surface area contributed by atoms with Crippen LogP contribution < -0.4 is 5.56 Å². The number of rotatable bonds is 2. The molecule has 2 N–H and O–H groups in total. The molecule has 98 valence electrons. The van der Waals surface area contributed by atoms with E-state index in [9.17, 15) is 9.90 Å². The van der Waals surface area contributed by atoms with Gasteiger partial charge in [0, 0.05) is 11.3 Å². The summed E-state index contributed by atoms with van der Waals surface area (Å²) in [7, 11) is 0. The topological polar surface area (TPSA) is 53.1 Å². The van der Waals surface area contributed by atoms with Crippen molar-refractivity contribution in [2.45, 2.75) is 0 Å². The molecule has 0 aliphatic rings. The number of H-pyrrole nitrogens is 1. The SMILES string of the molecule is O=c1[nH]c(-c2ccccc2)cc(-c2ccccc2)c1O. The minimum Gasteiger partial charge on any atom is -0.503 e. The van der Waals surface area contributed by atoms with E-state index in [-0.39, 0.29) is 5.75 Å². The number of aromatic nitrogens is 1. The van der Waals surface area contributed by atoms with Gasteiger partial charge >= 0.3 is 0 Å². The van der Waals surface area contributed by atoms with E-state index in [0.29, 0.717) is 11.3 Å². The second-order valence-corrected chi connectivity index (χ2v) is 4.51. The summed E-state index contributed by atoms with van der Waals surface area (Å²) in [6, 6.07) is 20.7. The Bertz CT molecular complexity index is 777. The largest absolute Gasteiger partial charge is 0.503 e. The molecule has 1 aromatic heterocycles. The average molecular weight is 263 g/mol. The summed E-state index contributed by atoms with van der Waals surface area (Å²) < 4.78 is 0. The molecule has 2 aromatic carbocycles. The third kappa shape index (κ3) is 2.21. The Labute approximate surface area is 116 Å². The average Bonchev–Trinajstić information content (AvgIpc) is 2.51. The second kappa shape index (κ2) is 5.05. The minimum absolute atomic E-state index is 0.254. The quantitative estimate of drug-likeness (QED) is 0.744. The Kier molecular flexibility index (Phi) is 3.09. The number of hydrogen-bond acceptors (Lipinski definition) is 2. The summed E-state index contributed by atoms with van der Waals surface area (Å²) in [5, 5.41) is 9.98. The Balaban J connectivity index is 2.22. The molecule has 0 unspecified atom stereocenters. The van der Waals surface area contributed by atoms with Crippen LogP contribution in [0.3, 0.4) is 0 Å². The van der Waals surface area contributed by atoms with Crippen molar-refractivity contribution < 1.29 is 5.11 Å². The first kappa shape index (κ1) is 12.2. The summed E-state index contributed by atoms with van der Waals surface area (Å²) in [5.74, 6) is -0.254. The Morgan fingerprint density at radius 2 is 1.35 bits per heavy atom. The van der Waals surface area contributed by atoms with Gasteiger partial charge in [0.05, 0.1) is 0 Å². The smallest absolute Gasteiger partial charge is 0.291 e. The van der Waals surface area contributed by atoms with Gasteiger partial charge in [0.15, 0.2) is 5.75 Å². The molecule has 3 heteroatoms. The third-order valence-electron chi connectivity index (χ3n) is 3.18. The van der Waals surface area contributed by atoms with E-state index in [1.54, 1.807) is 6.07 Å². The van der Waals surface area contributed by atoms with Crippen LogP contribution in [0.1, 0.15) is 0 Å². The molecule has 0 amide bonds. The van der Waals surface area contributed by atoms with Crippen molar-refractivity contribution in [2.24, 2.45) is 0 Å². The lowest BCUT2D eigenvalue weighted by Gasteiger charge is -2.08. The third-order valence-corrected chi connectivity index (χ3v) is 3.18. The summed E-state index contributed by atoms with van der Waals surface area (Å²) in [5.41, 5.74) is 2.46. The predicted octanol–water partition coefficient (Wildman–Crippen LogP) is 3.41. The zero-order valence-electron chi connectivity index (χ0n) is 10.7. The summed E-state index contributed by atoms with van der Waals surface area (Å²) in [4.78, 5) is 14.6. The molecule has 0 saturated heterocycles. The number of nitrogens with one attached hydrogen (secondary N) is 1. The van der Waals surface area contributed by atoms with E-state index in [1.807, 2.05) is 60.7 Å². The summed E-state index contributed by atoms with van der Waals surface area (Å²) in [6.07, 6.45) is 0. The van der Waals surface area contributed by atoms with Crippen LogP contribution in [0.5, 0.6) is 5.75 Å². The first-order chi connectivity index (χ1) is 9.75. The highest BCUT2D eigenvalue weighted by Crippen LogP contribution is 2.29. The van der Waals surface area contributed by atoms with Crippen molar-refractivity contribution in [2.75, 3.05) is 0 Å². The first-order valence-corrected chi connectivity index (χ1v) is 6.33. The lowest BCUT2D eigenvalue weighted by Crippen LogP contribution is -2.07. The normalized spacial score (nSPS) is 10.4. The van der Waals surface area contributed by atoms with Crippen molar-refractivity contribution in [3.63, 3.8) is 0 Å². The maximum atomic E-state index is 11.9. The number of aromatic amines is 1. The molecule has 3 nitrogen and oxygen atoms in total.